The highest BCUT2D eigenvalue weighted by Crippen LogP contribution is 2.55. The van der Waals surface area contributed by atoms with Crippen molar-refractivity contribution < 1.29 is 18.7 Å². The van der Waals surface area contributed by atoms with Crippen molar-refractivity contribution in [1.82, 2.24) is 9.88 Å². The van der Waals surface area contributed by atoms with E-state index in [4.69, 9.17) is 0 Å². The van der Waals surface area contributed by atoms with Gasteiger partial charge >= 0.3 is 0 Å². The summed E-state index contributed by atoms with van der Waals surface area (Å²) in [6.07, 6.45) is 0.879. The summed E-state index contributed by atoms with van der Waals surface area (Å²) in [5, 5.41) is 16.4. The smallest absolute Gasteiger partial charge is 0.275 e. The van der Waals surface area contributed by atoms with E-state index in [1.54, 1.807) is 13.0 Å². The number of carbonyl (C=O) groups excluding carboxylic acids is 1. The first kappa shape index (κ1) is 25.3. The molecule has 1 saturated carbocycles. The minimum absolute atomic E-state index is 0.0106. The lowest BCUT2D eigenvalue weighted by molar-refractivity contribution is -0.00416. The Kier molecular flexibility index (Phi) is 6.32. The van der Waals surface area contributed by atoms with Crippen LogP contribution in [-0.2, 0) is 0 Å². The summed E-state index contributed by atoms with van der Waals surface area (Å²) in [6.45, 7) is 3.62. The van der Waals surface area contributed by atoms with Gasteiger partial charge in [-0.15, -0.1) is 0 Å². The number of hydrogen-bond donors (Lipinski definition) is 3. The molecule has 0 bridgehead atoms. The average molecular weight is 499 g/mol. The van der Waals surface area contributed by atoms with E-state index in [0.717, 1.165) is 11.1 Å². The zero-order valence-corrected chi connectivity index (χ0v) is 20.5. The van der Waals surface area contributed by atoms with Gasteiger partial charge in [0.25, 0.3) is 16.8 Å². The maximum absolute atomic E-state index is 14.3. The Balaban J connectivity index is 1.72. The Morgan fingerprint density at radius 2 is 1.78 bits per heavy atom. The van der Waals surface area contributed by atoms with Crippen molar-refractivity contribution in [3.63, 3.8) is 0 Å². The molecule has 36 heavy (non-hydrogen) atoms. The van der Waals surface area contributed by atoms with E-state index < -0.39 is 39.9 Å². The number of anilines is 3. The molecule has 0 saturated heterocycles. The highest BCUT2D eigenvalue weighted by atomic mass is 19.3. The van der Waals surface area contributed by atoms with Crippen LogP contribution in [0, 0.1) is 12.3 Å². The number of pyridine rings is 1. The Morgan fingerprint density at radius 1 is 1.11 bits per heavy atom. The SMILES string of the molecule is Cc1ccccc1[C@H](Nc1c(Nc2ccnc(C(=O)N(C)C)c2O)c(=O)c1=O)[C@@]1(C)CCC(F)(F)C1. The van der Waals surface area contributed by atoms with Crippen LogP contribution in [0.15, 0.2) is 46.1 Å². The third kappa shape index (κ3) is 4.43. The monoisotopic (exact) mass is 498 g/mol. The lowest BCUT2D eigenvalue weighted by Crippen LogP contribution is -2.40. The molecule has 1 aliphatic rings. The van der Waals surface area contributed by atoms with Crippen molar-refractivity contribution in [2.45, 2.75) is 45.1 Å². The maximum Gasteiger partial charge on any atom is 0.275 e. The largest absolute Gasteiger partial charge is 0.504 e. The Morgan fingerprint density at radius 3 is 2.39 bits per heavy atom. The number of aromatic nitrogens is 1. The number of aromatic hydroxyl groups is 1. The summed E-state index contributed by atoms with van der Waals surface area (Å²) in [5.74, 6) is -3.85. The van der Waals surface area contributed by atoms with Crippen LogP contribution in [0.5, 0.6) is 5.75 Å². The molecule has 0 spiro atoms. The first-order valence-corrected chi connectivity index (χ1v) is 11.5. The fourth-order valence-corrected chi connectivity index (χ4v) is 4.87. The molecule has 2 atom stereocenters. The second-order valence-electron chi connectivity index (χ2n) is 9.91. The molecule has 190 valence electrons. The van der Waals surface area contributed by atoms with Gasteiger partial charge in [0.2, 0.25) is 5.92 Å². The molecule has 4 rings (SSSR count). The second-order valence-corrected chi connectivity index (χ2v) is 9.91. The molecule has 1 amide bonds. The molecule has 3 N–H and O–H groups in total. The van der Waals surface area contributed by atoms with Gasteiger partial charge in [-0.1, -0.05) is 31.2 Å². The predicted octanol–water partition coefficient (Wildman–Crippen LogP) is 4.12. The van der Waals surface area contributed by atoms with Crippen molar-refractivity contribution in [2.24, 2.45) is 5.41 Å². The molecule has 2 aromatic carbocycles. The molecular weight excluding hydrogens is 470 g/mol. The molecule has 1 heterocycles. The number of nitrogens with zero attached hydrogens (tertiary/aromatic N) is 2. The standard InChI is InChI=1S/C26H28F2N4O4/c1-14-7-5-6-8-15(14)23(25(2)10-11-26(27,28)13-25)31-18-17(21(34)22(18)35)30-16-9-12-29-19(20(16)33)24(36)32(3)4/h5-9,12,23,31,33H,10-11,13H2,1-4H3,(H,29,30)/t23-,25-/m0/s1. The highest BCUT2D eigenvalue weighted by Gasteiger charge is 2.51. The molecule has 3 aromatic rings. The lowest BCUT2D eigenvalue weighted by atomic mass is 9.75. The number of carbonyl (C=O) groups is 1. The topological polar surface area (TPSA) is 112 Å². The molecule has 1 aromatic heterocycles. The second kappa shape index (κ2) is 9.00. The molecule has 0 aliphatic heterocycles. The molecule has 10 heteroatoms. The van der Waals surface area contributed by atoms with Gasteiger partial charge in [0, 0.05) is 33.1 Å². The average Bonchev–Trinajstić information content (AvgIpc) is 3.12. The van der Waals surface area contributed by atoms with Gasteiger partial charge in [0.1, 0.15) is 11.4 Å². The molecule has 0 radical (unpaired) electrons. The summed E-state index contributed by atoms with van der Waals surface area (Å²) < 4.78 is 28.6. The summed E-state index contributed by atoms with van der Waals surface area (Å²) in [5.41, 5.74) is -1.27. The third-order valence-electron chi connectivity index (χ3n) is 6.91. The first-order chi connectivity index (χ1) is 16.8. The normalized spacial score (nSPS) is 19.7. The number of alkyl halides is 2. The van der Waals surface area contributed by atoms with Crippen molar-refractivity contribution >= 4 is 23.0 Å². The van der Waals surface area contributed by atoms with Crippen LogP contribution in [0.4, 0.5) is 25.8 Å². The predicted molar refractivity (Wildman–Crippen MR) is 133 cm³/mol. The molecule has 1 aliphatic carbocycles. The highest BCUT2D eigenvalue weighted by molar-refractivity contribution is 5.97. The number of aryl methyl sites for hydroxylation is 1. The van der Waals surface area contributed by atoms with Crippen molar-refractivity contribution in [1.29, 1.82) is 0 Å². The fourth-order valence-electron chi connectivity index (χ4n) is 4.87. The summed E-state index contributed by atoms with van der Waals surface area (Å²) >= 11 is 0. The Labute approximate surface area is 206 Å². The van der Waals surface area contributed by atoms with Gasteiger partial charge in [0.15, 0.2) is 11.4 Å². The van der Waals surface area contributed by atoms with Gasteiger partial charge in [-0.3, -0.25) is 14.4 Å². The van der Waals surface area contributed by atoms with Crippen LogP contribution in [0.3, 0.4) is 0 Å². The van der Waals surface area contributed by atoms with E-state index in [0.29, 0.717) is 0 Å². The maximum atomic E-state index is 14.3. The number of rotatable bonds is 7. The van der Waals surface area contributed by atoms with E-state index in [2.05, 4.69) is 15.6 Å². The van der Waals surface area contributed by atoms with Crippen LogP contribution in [0.2, 0.25) is 0 Å². The first-order valence-electron chi connectivity index (χ1n) is 11.5. The number of benzene rings is 1. The number of halogens is 2. The summed E-state index contributed by atoms with van der Waals surface area (Å²) in [7, 11) is 3.00. The zero-order valence-electron chi connectivity index (χ0n) is 20.5. The van der Waals surface area contributed by atoms with Crippen LogP contribution in [0.25, 0.3) is 0 Å². The third-order valence-corrected chi connectivity index (χ3v) is 6.91. The van der Waals surface area contributed by atoms with Crippen LogP contribution in [-0.4, -0.2) is 40.9 Å². The minimum Gasteiger partial charge on any atom is -0.504 e. The fraction of sp³-hybridized carbons (Fsp3) is 0.385. The van der Waals surface area contributed by atoms with Gasteiger partial charge < -0.3 is 20.6 Å². The Bertz CT molecular complexity index is 1400. The van der Waals surface area contributed by atoms with Crippen molar-refractivity contribution in [3.05, 3.63) is 73.8 Å². The van der Waals surface area contributed by atoms with E-state index in [1.807, 2.05) is 25.1 Å². The van der Waals surface area contributed by atoms with Crippen LogP contribution in [0.1, 0.15) is 53.8 Å². The number of hydrogen-bond acceptors (Lipinski definition) is 7. The summed E-state index contributed by atoms with van der Waals surface area (Å²) in [6, 6.07) is 8.01. The van der Waals surface area contributed by atoms with Gasteiger partial charge in [0.05, 0.1) is 11.7 Å². The minimum atomic E-state index is -2.83. The van der Waals surface area contributed by atoms with E-state index in [-0.39, 0.29) is 42.0 Å². The molecular formula is C26H28F2N4O4. The van der Waals surface area contributed by atoms with E-state index in [1.165, 1.54) is 31.3 Å². The lowest BCUT2D eigenvalue weighted by Gasteiger charge is -2.37. The van der Waals surface area contributed by atoms with Gasteiger partial charge in [-0.05, 0) is 36.0 Å². The van der Waals surface area contributed by atoms with Crippen LogP contribution < -0.4 is 21.5 Å². The molecule has 8 nitrogen and oxygen atoms in total. The number of amides is 1. The van der Waals surface area contributed by atoms with Gasteiger partial charge in [-0.25, -0.2) is 13.8 Å². The van der Waals surface area contributed by atoms with Crippen molar-refractivity contribution in [2.75, 3.05) is 24.7 Å². The summed E-state index contributed by atoms with van der Waals surface area (Å²) in [4.78, 5) is 42.6. The molecule has 1 fully saturated rings. The van der Waals surface area contributed by atoms with E-state index >= 15 is 0 Å². The van der Waals surface area contributed by atoms with Crippen molar-refractivity contribution in [3.8, 4) is 5.75 Å². The van der Waals surface area contributed by atoms with Gasteiger partial charge in [-0.2, -0.15) is 0 Å². The molecule has 0 unspecified atom stereocenters. The quantitative estimate of drug-likeness (QED) is 0.420. The Hall–Kier alpha value is -3.82. The van der Waals surface area contributed by atoms with Crippen LogP contribution >= 0.6 is 0 Å². The number of nitrogens with one attached hydrogen (secondary N) is 2. The zero-order chi connectivity index (χ0) is 26.4. The van der Waals surface area contributed by atoms with E-state index in [9.17, 15) is 28.3 Å².